The molecule has 3 aliphatic carbocycles. The van der Waals surface area contributed by atoms with Gasteiger partial charge in [-0.2, -0.15) is 0 Å². The van der Waals surface area contributed by atoms with E-state index in [0.717, 1.165) is 31.3 Å². The topological polar surface area (TPSA) is 58.9 Å². The average molecular weight is 423 g/mol. The van der Waals surface area contributed by atoms with Crippen LogP contribution in [0.2, 0.25) is 0 Å². The van der Waals surface area contributed by atoms with Gasteiger partial charge in [-0.15, -0.1) is 0 Å². The van der Waals surface area contributed by atoms with Gasteiger partial charge in [0.2, 0.25) is 0 Å². The standard InChI is InChI=1S/C26H46O4/c1-17-10-21(12-19(14-29-5)23(17)27)26(9-7-8-25(3,4)16-26)22-11-18(2)24(28)20(13-22)15-30-6/h17,19-23,27-28H,7-16H2,1-6H3. The number of aliphatic hydroxyl groups excluding tert-OH is 2. The van der Waals surface area contributed by atoms with Gasteiger partial charge < -0.3 is 19.7 Å². The Morgan fingerprint density at radius 1 is 1.00 bits per heavy atom. The highest BCUT2D eigenvalue weighted by molar-refractivity contribution is 5.16. The quantitative estimate of drug-likeness (QED) is 0.572. The second-order valence-electron chi connectivity index (χ2n) is 11.7. The Balaban J connectivity index is 1.96. The zero-order chi connectivity index (χ0) is 22.1. The molecule has 2 saturated carbocycles. The Morgan fingerprint density at radius 3 is 2.33 bits per heavy atom. The van der Waals surface area contributed by atoms with Gasteiger partial charge in [0.1, 0.15) is 0 Å². The minimum Gasteiger partial charge on any atom is -0.512 e. The van der Waals surface area contributed by atoms with Crippen molar-refractivity contribution < 1.29 is 19.7 Å². The van der Waals surface area contributed by atoms with Crippen molar-refractivity contribution >= 4 is 0 Å². The largest absolute Gasteiger partial charge is 0.512 e. The number of allylic oxidation sites excluding steroid dienone is 1. The summed E-state index contributed by atoms with van der Waals surface area (Å²) < 4.78 is 11.0. The van der Waals surface area contributed by atoms with Gasteiger partial charge in [0.15, 0.2) is 0 Å². The van der Waals surface area contributed by atoms with Crippen molar-refractivity contribution in [2.75, 3.05) is 27.4 Å². The van der Waals surface area contributed by atoms with Gasteiger partial charge in [0.05, 0.1) is 25.1 Å². The molecule has 3 rings (SSSR count). The second kappa shape index (κ2) is 9.50. The molecule has 0 aromatic rings. The van der Waals surface area contributed by atoms with Gasteiger partial charge in [0.25, 0.3) is 0 Å². The van der Waals surface area contributed by atoms with Gasteiger partial charge in [-0.1, -0.05) is 27.2 Å². The van der Waals surface area contributed by atoms with E-state index in [1.54, 1.807) is 14.2 Å². The molecule has 0 heterocycles. The third-order valence-electron chi connectivity index (χ3n) is 8.93. The Bertz CT molecular complexity index is 612. The van der Waals surface area contributed by atoms with Crippen LogP contribution in [-0.2, 0) is 9.47 Å². The number of aliphatic hydroxyl groups is 2. The first kappa shape index (κ1) is 24.1. The lowest BCUT2D eigenvalue weighted by atomic mass is 9.48. The molecule has 3 aliphatic rings. The molecule has 0 amide bonds. The number of rotatable bonds is 6. The summed E-state index contributed by atoms with van der Waals surface area (Å²) in [7, 11) is 3.50. The van der Waals surface area contributed by atoms with Gasteiger partial charge in [0, 0.05) is 26.1 Å². The molecular weight excluding hydrogens is 376 g/mol. The van der Waals surface area contributed by atoms with E-state index in [0.29, 0.717) is 42.1 Å². The predicted molar refractivity (Wildman–Crippen MR) is 121 cm³/mol. The molecule has 2 fully saturated rings. The Labute approximate surface area is 184 Å². The zero-order valence-electron chi connectivity index (χ0n) is 20.2. The summed E-state index contributed by atoms with van der Waals surface area (Å²) in [5.74, 6) is 2.42. The Hall–Kier alpha value is -0.580. The van der Waals surface area contributed by atoms with Crippen molar-refractivity contribution in [1.29, 1.82) is 0 Å². The molecule has 0 aromatic carbocycles. The van der Waals surface area contributed by atoms with E-state index in [2.05, 4.69) is 27.7 Å². The highest BCUT2D eigenvalue weighted by Crippen LogP contribution is 2.61. The number of methoxy groups -OCH3 is 2. The lowest BCUT2D eigenvalue weighted by Crippen LogP contribution is -2.51. The summed E-state index contributed by atoms with van der Waals surface area (Å²) in [5, 5.41) is 21.6. The van der Waals surface area contributed by atoms with Gasteiger partial charge in [-0.05, 0) is 86.0 Å². The lowest BCUT2D eigenvalue weighted by molar-refractivity contribution is -0.106. The average Bonchev–Trinajstić information content (AvgIpc) is 2.68. The minimum absolute atomic E-state index is 0.122. The monoisotopic (exact) mass is 422 g/mol. The van der Waals surface area contributed by atoms with Crippen molar-refractivity contribution in [3.8, 4) is 0 Å². The third-order valence-corrected chi connectivity index (χ3v) is 8.93. The van der Waals surface area contributed by atoms with E-state index in [9.17, 15) is 10.2 Å². The van der Waals surface area contributed by atoms with Crippen LogP contribution < -0.4 is 0 Å². The van der Waals surface area contributed by atoms with Crippen LogP contribution in [-0.4, -0.2) is 43.8 Å². The molecule has 0 bridgehead atoms. The van der Waals surface area contributed by atoms with Crippen LogP contribution in [0.5, 0.6) is 0 Å². The maximum Gasteiger partial charge on any atom is 0.0965 e. The van der Waals surface area contributed by atoms with Crippen LogP contribution in [0, 0.1) is 40.4 Å². The van der Waals surface area contributed by atoms with Crippen LogP contribution in [0.25, 0.3) is 0 Å². The lowest BCUT2D eigenvalue weighted by Gasteiger charge is -2.58. The van der Waals surface area contributed by atoms with Crippen LogP contribution in [0.15, 0.2) is 11.3 Å². The molecule has 0 aromatic heterocycles. The third kappa shape index (κ3) is 4.76. The first-order valence-electron chi connectivity index (χ1n) is 12.2. The molecule has 4 nitrogen and oxygen atoms in total. The highest BCUT2D eigenvalue weighted by Gasteiger charge is 2.53. The number of hydrogen-bond acceptors (Lipinski definition) is 4. The van der Waals surface area contributed by atoms with E-state index in [-0.39, 0.29) is 23.4 Å². The van der Waals surface area contributed by atoms with Gasteiger partial charge in [-0.3, -0.25) is 0 Å². The predicted octanol–water partition coefficient (Wildman–Crippen LogP) is 5.75. The van der Waals surface area contributed by atoms with Crippen molar-refractivity contribution in [3.05, 3.63) is 11.3 Å². The second-order valence-corrected chi connectivity index (χ2v) is 11.7. The number of ether oxygens (including phenoxy) is 2. The summed E-state index contributed by atoms with van der Waals surface area (Å²) in [5.41, 5.74) is 1.78. The first-order chi connectivity index (χ1) is 14.1. The molecule has 174 valence electrons. The summed E-state index contributed by atoms with van der Waals surface area (Å²) in [6.07, 6.45) is 9.07. The molecule has 0 saturated heterocycles. The van der Waals surface area contributed by atoms with E-state index < -0.39 is 0 Å². The van der Waals surface area contributed by atoms with E-state index in [4.69, 9.17) is 9.47 Å². The SMILES string of the molecule is COCC1CC(C2(C3CC(C)C(O)C(COC)C3)CCCC(C)(C)C2)CC(C)=C1O. The van der Waals surface area contributed by atoms with Crippen LogP contribution in [0.3, 0.4) is 0 Å². The smallest absolute Gasteiger partial charge is 0.0965 e. The molecule has 0 radical (unpaired) electrons. The zero-order valence-corrected chi connectivity index (χ0v) is 20.2. The van der Waals surface area contributed by atoms with Crippen LogP contribution >= 0.6 is 0 Å². The summed E-state index contributed by atoms with van der Waals surface area (Å²) in [4.78, 5) is 0. The fourth-order valence-electron chi connectivity index (χ4n) is 7.65. The highest BCUT2D eigenvalue weighted by atomic mass is 16.5. The normalized spacial score (nSPS) is 42.4. The van der Waals surface area contributed by atoms with Crippen molar-refractivity contribution in [2.24, 2.45) is 40.4 Å². The summed E-state index contributed by atoms with van der Waals surface area (Å²) >= 11 is 0. The maximum absolute atomic E-state index is 10.8. The molecule has 0 spiro atoms. The fraction of sp³-hybridized carbons (Fsp3) is 0.923. The van der Waals surface area contributed by atoms with E-state index in [1.165, 1.54) is 25.7 Å². The molecular formula is C26H46O4. The Morgan fingerprint density at radius 2 is 1.70 bits per heavy atom. The molecule has 7 atom stereocenters. The molecule has 7 unspecified atom stereocenters. The van der Waals surface area contributed by atoms with Crippen LogP contribution in [0.1, 0.15) is 79.1 Å². The van der Waals surface area contributed by atoms with Crippen molar-refractivity contribution in [2.45, 2.75) is 85.2 Å². The number of hydrogen-bond donors (Lipinski definition) is 2. The summed E-state index contributed by atoms with van der Waals surface area (Å²) in [6.45, 7) is 10.5. The first-order valence-corrected chi connectivity index (χ1v) is 12.2. The molecule has 4 heteroatoms. The van der Waals surface area contributed by atoms with Gasteiger partial charge >= 0.3 is 0 Å². The minimum atomic E-state index is -0.256. The molecule has 2 N–H and O–H groups in total. The van der Waals surface area contributed by atoms with E-state index in [1.807, 2.05) is 0 Å². The van der Waals surface area contributed by atoms with Crippen molar-refractivity contribution in [3.63, 3.8) is 0 Å². The van der Waals surface area contributed by atoms with Crippen LogP contribution in [0.4, 0.5) is 0 Å². The van der Waals surface area contributed by atoms with Gasteiger partial charge in [-0.25, -0.2) is 0 Å². The fourth-order valence-corrected chi connectivity index (χ4v) is 7.65. The summed E-state index contributed by atoms with van der Waals surface area (Å²) in [6, 6.07) is 0. The molecule has 30 heavy (non-hydrogen) atoms. The van der Waals surface area contributed by atoms with E-state index >= 15 is 0 Å². The molecule has 0 aliphatic heterocycles. The van der Waals surface area contributed by atoms with Crippen molar-refractivity contribution in [1.82, 2.24) is 0 Å². The Kier molecular flexibility index (Phi) is 7.62. The maximum atomic E-state index is 10.8.